The van der Waals surface area contributed by atoms with E-state index in [1.807, 2.05) is 60.7 Å². The van der Waals surface area contributed by atoms with Crippen LogP contribution in [-0.4, -0.2) is 11.9 Å². The molecule has 1 atom stereocenters. The minimum atomic E-state index is -1.30. The molecule has 28 heavy (non-hydrogen) atoms. The molecule has 4 nitrogen and oxygen atoms in total. The maximum absolute atomic E-state index is 13.2. The number of hydrogen-bond acceptors (Lipinski definition) is 3. The van der Waals surface area contributed by atoms with Gasteiger partial charge in [-0.05, 0) is 28.8 Å². The highest BCUT2D eigenvalue weighted by molar-refractivity contribution is 5.87. The molecule has 0 heterocycles. The highest BCUT2D eigenvalue weighted by Gasteiger charge is 2.25. The lowest BCUT2D eigenvalue weighted by Crippen LogP contribution is -2.37. The molecule has 0 aliphatic heterocycles. The van der Waals surface area contributed by atoms with Gasteiger partial charge in [-0.1, -0.05) is 72.8 Å². The molecule has 3 rings (SSSR count). The maximum atomic E-state index is 13.2. The van der Waals surface area contributed by atoms with Crippen molar-refractivity contribution in [3.8, 4) is 0 Å². The van der Waals surface area contributed by atoms with E-state index in [-0.39, 0.29) is 5.91 Å². The summed E-state index contributed by atoms with van der Waals surface area (Å²) in [4.78, 5) is 24.4. The smallest absolute Gasteiger partial charge is 0.232 e. The quantitative estimate of drug-likeness (QED) is 0.689. The minimum absolute atomic E-state index is 0.340. The van der Waals surface area contributed by atoms with Crippen LogP contribution in [0.3, 0.4) is 0 Å². The summed E-state index contributed by atoms with van der Waals surface area (Å²) in [5.41, 5.74) is 2.08. The number of benzene rings is 3. The van der Waals surface area contributed by atoms with Crippen molar-refractivity contribution in [3.05, 3.63) is 107 Å². The van der Waals surface area contributed by atoms with Crippen molar-refractivity contribution in [2.75, 3.05) is 0 Å². The Hall–Kier alpha value is -3.47. The van der Waals surface area contributed by atoms with E-state index in [2.05, 4.69) is 5.32 Å². The van der Waals surface area contributed by atoms with E-state index in [9.17, 15) is 19.1 Å². The molecule has 0 radical (unpaired) electrons. The highest BCUT2D eigenvalue weighted by atomic mass is 19.1. The van der Waals surface area contributed by atoms with Crippen LogP contribution in [0.25, 0.3) is 0 Å². The normalized spacial score (nSPS) is 11.8. The SMILES string of the molecule is O=C([O-])C[C@@H](NC(=O)C(c1ccccc1)c1ccccc1)c1ccc(F)cc1. The largest absolute Gasteiger partial charge is 0.550 e. The van der Waals surface area contributed by atoms with E-state index < -0.39 is 30.2 Å². The average Bonchev–Trinajstić information content (AvgIpc) is 2.69. The summed E-state index contributed by atoms with van der Waals surface area (Å²) in [6, 6.07) is 23.1. The van der Waals surface area contributed by atoms with Gasteiger partial charge in [0.15, 0.2) is 0 Å². The van der Waals surface area contributed by atoms with E-state index in [0.29, 0.717) is 5.56 Å². The van der Waals surface area contributed by atoms with Crippen molar-refractivity contribution < 1.29 is 19.1 Å². The topological polar surface area (TPSA) is 69.2 Å². The second kappa shape index (κ2) is 8.95. The van der Waals surface area contributed by atoms with Gasteiger partial charge < -0.3 is 15.2 Å². The molecule has 0 bridgehead atoms. The van der Waals surface area contributed by atoms with Crippen LogP contribution in [-0.2, 0) is 9.59 Å². The molecule has 142 valence electrons. The van der Waals surface area contributed by atoms with Gasteiger partial charge in [0.2, 0.25) is 5.91 Å². The molecule has 3 aromatic carbocycles. The third kappa shape index (κ3) is 4.82. The summed E-state index contributed by atoms with van der Waals surface area (Å²) >= 11 is 0. The second-order valence-corrected chi connectivity index (χ2v) is 6.44. The van der Waals surface area contributed by atoms with Crippen molar-refractivity contribution in [2.24, 2.45) is 0 Å². The van der Waals surface area contributed by atoms with Gasteiger partial charge in [0, 0.05) is 12.4 Å². The molecule has 1 amide bonds. The molecule has 0 saturated heterocycles. The Morgan fingerprint density at radius 1 is 0.786 bits per heavy atom. The summed E-state index contributed by atoms with van der Waals surface area (Å²) in [6.45, 7) is 0. The number of rotatable bonds is 7. The van der Waals surface area contributed by atoms with Gasteiger partial charge >= 0.3 is 0 Å². The Labute approximate surface area is 162 Å². The van der Waals surface area contributed by atoms with Crippen LogP contribution in [0, 0.1) is 5.82 Å². The molecule has 0 fully saturated rings. The number of carbonyl (C=O) groups excluding carboxylic acids is 2. The number of hydrogen-bond donors (Lipinski definition) is 1. The fourth-order valence-electron chi connectivity index (χ4n) is 3.16. The molecule has 0 aromatic heterocycles. The predicted octanol–water partition coefficient (Wildman–Crippen LogP) is 2.96. The van der Waals surface area contributed by atoms with Gasteiger partial charge in [-0.25, -0.2) is 4.39 Å². The first-order valence-corrected chi connectivity index (χ1v) is 8.90. The first-order valence-electron chi connectivity index (χ1n) is 8.90. The zero-order valence-electron chi connectivity index (χ0n) is 15.0. The number of halogens is 1. The van der Waals surface area contributed by atoms with Gasteiger partial charge in [0.05, 0.1) is 12.0 Å². The maximum Gasteiger partial charge on any atom is 0.232 e. The Morgan fingerprint density at radius 2 is 1.29 bits per heavy atom. The van der Waals surface area contributed by atoms with Crippen LogP contribution in [0.1, 0.15) is 35.1 Å². The molecule has 0 spiro atoms. The van der Waals surface area contributed by atoms with Crippen molar-refractivity contribution in [1.29, 1.82) is 0 Å². The van der Waals surface area contributed by atoms with Crippen LogP contribution in [0.15, 0.2) is 84.9 Å². The van der Waals surface area contributed by atoms with Crippen LogP contribution < -0.4 is 10.4 Å². The van der Waals surface area contributed by atoms with Gasteiger partial charge in [-0.15, -0.1) is 0 Å². The van der Waals surface area contributed by atoms with Crippen molar-refractivity contribution >= 4 is 11.9 Å². The number of aliphatic carboxylic acids is 1. The monoisotopic (exact) mass is 376 g/mol. The van der Waals surface area contributed by atoms with E-state index in [1.165, 1.54) is 24.3 Å². The number of carboxylic acid groups (broad SMARTS) is 1. The zero-order chi connectivity index (χ0) is 19.9. The van der Waals surface area contributed by atoms with Gasteiger partial charge in [-0.2, -0.15) is 0 Å². The van der Waals surface area contributed by atoms with Crippen LogP contribution in [0.5, 0.6) is 0 Å². The third-order valence-electron chi connectivity index (χ3n) is 4.49. The number of carboxylic acids is 1. The van der Waals surface area contributed by atoms with Crippen LogP contribution in [0.2, 0.25) is 0 Å². The summed E-state index contributed by atoms with van der Waals surface area (Å²) in [6.07, 6.45) is -0.409. The summed E-state index contributed by atoms with van der Waals surface area (Å²) in [5, 5.41) is 14.0. The van der Waals surface area contributed by atoms with Gasteiger partial charge in [0.1, 0.15) is 5.82 Å². The Balaban J connectivity index is 1.92. The van der Waals surface area contributed by atoms with Crippen molar-refractivity contribution in [3.63, 3.8) is 0 Å². The van der Waals surface area contributed by atoms with E-state index in [4.69, 9.17) is 0 Å². The van der Waals surface area contributed by atoms with Crippen LogP contribution in [0.4, 0.5) is 4.39 Å². The van der Waals surface area contributed by atoms with E-state index >= 15 is 0 Å². The lowest BCUT2D eigenvalue weighted by Gasteiger charge is -2.24. The fourth-order valence-corrected chi connectivity index (χ4v) is 3.16. The predicted molar refractivity (Wildman–Crippen MR) is 102 cm³/mol. The van der Waals surface area contributed by atoms with Crippen LogP contribution >= 0.6 is 0 Å². The number of carbonyl (C=O) groups is 2. The van der Waals surface area contributed by atoms with Crippen molar-refractivity contribution in [2.45, 2.75) is 18.4 Å². The molecule has 0 aliphatic carbocycles. The number of amides is 1. The lowest BCUT2D eigenvalue weighted by atomic mass is 9.90. The van der Waals surface area contributed by atoms with Gasteiger partial charge in [0.25, 0.3) is 0 Å². The Morgan fingerprint density at radius 3 is 1.75 bits per heavy atom. The lowest BCUT2D eigenvalue weighted by molar-refractivity contribution is -0.306. The molecule has 0 unspecified atom stereocenters. The summed E-state index contributed by atoms with van der Waals surface area (Å²) in [5.74, 6) is -2.68. The standard InChI is InChI=1S/C23H20FNO3/c24-19-13-11-16(12-14-19)20(15-21(26)27)25-23(28)22(17-7-3-1-4-8-17)18-9-5-2-6-10-18/h1-14,20,22H,15H2,(H,25,28)(H,26,27)/p-1/t20-/m1/s1. The molecule has 5 heteroatoms. The molecule has 0 saturated carbocycles. The first-order chi connectivity index (χ1) is 13.5. The average molecular weight is 376 g/mol. The molecule has 0 aliphatic rings. The molecular weight excluding hydrogens is 357 g/mol. The molecular formula is C23H19FNO3-. The fraction of sp³-hybridized carbons (Fsp3) is 0.130. The zero-order valence-corrected chi connectivity index (χ0v) is 15.0. The highest BCUT2D eigenvalue weighted by Crippen LogP contribution is 2.27. The summed E-state index contributed by atoms with van der Waals surface area (Å²) in [7, 11) is 0. The third-order valence-corrected chi connectivity index (χ3v) is 4.49. The molecule has 1 N–H and O–H groups in total. The van der Waals surface area contributed by atoms with Crippen molar-refractivity contribution in [1.82, 2.24) is 5.32 Å². The van der Waals surface area contributed by atoms with E-state index in [0.717, 1.165) is 11.1 Å². The van der Waals surface area contributed by atoms with E-state index in [1.54, 1.807) is 0 Å². The minimum Gasteiger partial charge on any atom is -0.550 e. The number of nitrogens with one attached hydrogen (secondary N) is 1. The Bertz CT molecular complexity index is 888. The summed E-state index contributed by atoms with van der Waals surface area (Å²) < 4.78 is 13.2. The molecule has 3 aromatic rings. The first kappa shape index (κ1) is 19.3. The second-order valence-electron chi connectivity index (χ2n) is 6.44. The Kier molecular flexibility index (Phi) is 6.17. The van der Waals surface area contributed by atoms with Gasteiger partial charge in [-0.3, -0.25) is 4.79 Å².